The lowest BCUT2D eigenvalue weighted by atomic mass is 9.87. The van der Waals surface area contributed by atoms with Gasteiger partial charge >= 0.3 is 5.97 Å². The van der Waals surface area contributed by atoms with E-state index >= 15 is 0 Å². The fraction of sp³-hybridized carbons (Fsp3) is 0.222. The number of benzene rings is 1. The van der Waals surface area contributed by atoms with E-state index in [1.165, 1.54) is 17.4 Å². The van der Waals surface area contributed by atoms with Gasteiger partial charge in [0.15, 0.2) is 5.78 Å². The largest absolute Gasteiger partial charge is 0.458 e. The summed E-state index contributed by atoms with van der Waals surface area (Å²) in [6.07, 6.45) is 2.93. The summed E-state index contributed by atoms with van der Waals surface area (Å²) < 4.78 is 5.16. The minimum Gasteiger partial charge on any atom is -0.458 e. The average molecular weight is 314 g/mol. The van der Waals surface area contributed by atoms with E-state index < -0.39 is 11.4 Å². The van der Waals surface area contributed by atoms with Gasteiger partial charge in [0.2, 0.25) is 0 Å². The number of carbonyl (C=O) groups is 2. The summed E-state index contributed by atoms with van der Waals surface area (Å²) in [6.45, 7) is 3.80. The highest BCUT2D eigenvalue weighted by atomic mass is 32.1. The molecule has 0 aliphatic rings. The number of thiophene rings is 1. The molecular weight excluding hydrogens is 296 g/mol. The lowest BCUT2D eigenvalue weighted by Crippen LogP contribution is -2.21. The standard InChI is InChI=1S/C18H18O3S/c1-18(2,17(20)15-9-6-12-22-15)11-10-16(19)21-13-14-7-4-3-5-8-14/h3-12H,13H2,1-2H3/b11-10+. The van der Waals surface area contributed by atoms with Gasteiger partial charge in [-0.15, -0.1) is 11.3 Å². The maximum atomic E-state index is 12.3. The lowest BCUT2D eigenvalue weighted by Gasteiger charge is -2.17. The number of ether oxygens (including phenoxy) is 1. The predicted octanol–water partition coefficient (Wildman–Crippen LogP) is 4.26. The van der Waals surface area contributed by atoms with Gasteiger partial charge < -0.3 is 4.74 Å². The lowest BCUT2D eigenvalue weighted by molar-refractivity contribution is -0.139. The van der Waals surface area contributed by atoms with Gasteiger partial charge in [0.1, 0.15) is 6.61 Å². The van der Waals surface area contributed by atoms with E-state index in [0.29, 0.717) is 4.88 Å². The van der Waals surface area contributed by atoms with Crippen LogP contribution in [0.5, 0.6) is 0 Å². The highest BCUT2D eigenvalue weighted by Gasteiger charge is 2.26. The monoisotopic (exact) mass is 314 g/mol. The molecule has 3 nitrogen and oxygen atoms in total. The number of esters is 1. The summed E-state index contributed by atoms with van der Waals surface area (Å²) in [5.74, 6) is -0.453. The van der Waals surface area contributed by atoms with Crippen LogP contribution in [0.15, 0.2) is 60.0 Å². The van der Waals surface area contributed by atoms with Crippen LogP contribution in [0, 0.1) is 5.41 Å². The molecule has 1 heterocycles. The fourth-order valence-corrected chi connectivity index (χ4v) is 2.69. The molecular formula is C18H18O3S. The first-order chi connectivity index (χ1) is 10.5. The number of rotatable bonds is 6. The maximum Gasteiger partial charge on any atom is 0.330 e. The zero-order chi connectivity index (χ0) is 16.0. The quantitative estimate of drug-likeness (QED) is 0.454. The predicted molar refractivity (Wildman–Crippen MR) is 87.8 cm³/mol. The molecule has 0 radical (unpaired) electrons. The Bertz CT molecular complexity index is 655. The van der Waals surface area contributed by atoms with Crippen molar-refractivity contribution in [3.05, 3.63) is 70.4 Å². The molecule has 2 rings (SSSR count). The second kappa shape index (κ2) is 7.18. The van der Waals surface area contributed by atoms with Gasteiger partial charge in [0.25, 0.3) is 0 Å². The van der Waals surface area contributed by atoms with Crippen LogP contribution >= 0.6 is 11.3 Å². The Hall–Kier alpha value is -2.20. The first-order valence-corrected chi connectivity index (χ1v) is 7.85. The van der Waals surface area contributed by atoms with Gasteiger partial charge in [-0.05, 0) is 30.9 Å². The topological polar surface area (TPSA) is 43.4 Å². The van der Waals surface area contributed by atoms with E-state index in [-0.39, 0.29) is 12.4 Å². The smallest absolute Gasteiger partial charge is 0.330 e. The van der Waals surface area contributed by atoms with Crippen LogP contribution < -0.4 is 0 Å². The Morgan fingerprint density at radius 3 is 2.50 bits per heavy atom. The molecule has 2 aromatic rings. The molecule has 22 heavy (non-hydrogen) atoms. The van der Waals surface area contributed by atoms with Gasteiger partial charge in [-0.3, -0.25) is 4.79 Å². The van der Waals surface area contributed by atoms with Crippen molar-refractivity contribution in [2.24, 2.45) is 5.41 Å². The number of allylic oxidation sites excluding steroid dienone is 1. The molecule has 0 aliphatic carbocycles. The Balaban J connectivity index is 1.92. The molecule has 0 fully saturated rings. The van der Waals surface area contributed by atoms with Gasteiger partial charge in [-0.25, -0.2) is 4.79 Å². The van der Waals surface area contributed by atoms with Crippen LogP contribution in [-0.4, -0.2) is 11.8 Å². The summed E-state index contributed by atoms with van der Waals surface area (Å²) in [5, 5.41) is 1.86. The van der Waals surface area contributed by atoms with Gasteiger partial charge in [0, 0.05) is 11.5 Å². The minimum atomic E-state index is -0.739. The third-order valence-corrected chi connectivity index (χ3v) is 4.06. The summed E-state index contributed by atoms with van der Waals surface area (Å²) >= 11 is 1.40. The molecule has 0 aliphatic heterocycles. The van der Waals surface area contributed by atoms with Crippen molar-refractivity contribution in [2.75, 3.05) is 0 Å². The molecule has 0 spiro atoms. The van der Waals surface area contributed by atoms with E-state index in [9.17, 15) is 9.59 Å². The molecule has 1 aromatic heterocycles. The Kier molecular flexibility index (Phi) is 5.28. The second-order valence-electron chi connectivity index (χ2n) is 5.45. The van der Waals surface area contributed by atoms with Crippen LogP contribution in [0.2, 0.25) is 0 Å². The van der Waals surface area contributed by atoms with Crippen molar-refractivity contribution in [1.82, 2.24) is 0 Å². The number of carbonyl (C=O) groups excluding carboxylic acids is 2. The molecule has 0 bridgehead atoms. The molecule has 0 saturated carbocycles. The highest BCUT2D eigenvalue weighted by molar-refractivity contribution is 7.12. The molecule has 0 N–H and O–H groups in total. The van der Waals surface area contributed by atoms with E-state index in [1.54, 1.807) is 26.0 Å². The van der Waals surface area contributed by atoms with Gasteiger partial charge in [-0.1, -0.05) is 42.5 Å². The highest BCUT2D eigenvalue weighted by Crippen LogP contribution is 2.26. The van der Waals surface area contributed by atoms with E-state index in [2.05, 4.69) is 0 Å². The van der Waals surface area contributed by atoms with Crippen LogP contribution in [0.1, 0.15) is 29.1 Å². The number of Topliss-reactive ketones (excluding diaryl/α,β-unsaturated/α-hetero) is 1. The number of hydrogen-bond acceptors (Lipinski definition) is 4. The van der Waals surface area contributed by atoms with E-state index in [0.717, 1.165) is 5.56 Å². The van der Waals surface area contributed by atoms with E-state index in [1.807, 2.05) is 41.8 Å². The molecule has 114 valence electrons. The van der Waals surface area contributed by atoms with Crippen LogP contribution in [0.3, 0.4) is 0 Å². The molecule has 4 heteroatoms. The first-order valence-electron chi connectivity index (χ1n) is 6.97. The second-order valence-corrected chi connectivity index (χ2v) is 6.40. The number of hydrogen-bond donors (Lipinski definition) is 0. The molecule has 1 aromatic carbocycles. The minimum absolute atomic E-state index is 0.00499. The third kappa shape index (κ3) is 4.40. The number of ketones is 1. The van der Waals surface area contributed by atoms with Crippen molar-refractivity contribution < 1.29 is 14.3 Å². The average Bonchev–Trinajstić information content (AvgIpc) is 3.05. The normalized spacial score (nSPS) is 11.5. The van der Waals surface area contributed by atoms with Crippen molar-refractivity contribution in [2.45, 2.75) is 20.5 Å². The van der Waals surface area contributed by atoms with E-state index in [4.69, 9.17) is 4.74 Å². The first kappa shape index (κ1) is 16.2. The molecule has 0 amide bonds. The molecule has 0 saturated heterocycles. The Morgan fingerprint density at radius 1 is 1.14 bits per heavy atom. The fourth-order valence-electron chi connectivity index (χ4n) is 1.85. The van der Waals surface area contributed by atoms with Gasteiger partial charge in [0.05, 0.1) is 4.88 Å². The van der Waals surface area contributed by atoms with Crippen molar-refractivity contribution in [3.63, 3.8) is 0 Å². The van der Waals surface area contributed by atoms with Crippen LogP contribution in [0.25, 0.3) is 0 Å². The summed E-state index contributed by atoms with van der Waals surface area (Å²) in [4.78, 5) is 24.8. The Labute approximate surface area is 134 Å². The molecule has 0 unspecified atom stereocenters. The summed E-state index contributed by atoms with van der Waals surface area (Å²) in [5.41, 5.74) is 0.189. The summed E-state index contributed by atoms with van der Waals surface area (Å²) in [6, 6.07) is 13.1. The molecule has 0 atom stereocenters. The van der Waals surface area contributed by atoms with Gasteiger partial charge in [-0.2, -0.15) is 0 Å². The maximum absolute atomic E-state index is 12.3. The van der Waals surface area contributed by atoms with Crippen LogP contribution in [0.4, 0.5) is 0 Å². The van der Waals surface area contributed by atoms with Crippen molar-refractivity contribution in [3.8, 4) is 0 Å². The van der Waals surface area contributed by atoms with Crippen molar-refractivity contribution >= 4 is 23.1 Å². The Morgan fingerprint density at radius 2 is 1.86 bits per heavy atom. The SMILES string of the molecule is CC(C)(/C=C/C(=O)OCc1ccccc1)C(=O)c1cccs1. The summed E-state index contributed by atoms with van der Waals surface area (Å²) in [7, 11) is 0. The third-order valence-electron chi connectivity index (χ3n) is 3.19. The zero-order valence-electron chi connectivity index (χ0n) is 12.6. The van der Waals surface area contributed by atoms with Crippen molar-refractivity contribution in [1.29, 1.82) is 0 Å². The zero-order valence-corrected chi connectivity index (χ0v) is 13.4. The van der Waals surface area contributed by atoms with Crippen LogP contribution in [-0.2, 0) is 16.1 Å².